The molecule has 1 aliphatic rings. The molecule has 2 aromatic rings. The van der Waals surface area contributed by atoms with Crippen LogP contribution >= 0.6 is 11.6 Å². The molecule has 23 heavy (non-hydrogen) atoms. The highest BCUT2D eigenvalue weighted by Crippen LogP contribution is 2.26. The fourth-order valence-corrected chi connectivity index (χ4v) is 2.45. The zero-order valence-corrected chi connectivity index (χ0v) is 12.6. The highest BCUT2D eigenvalue weighted by molar-refractivity contribution is 6.34. The van der Waals surface area contributed by atoms with E-state index >= 15 is 0 Å². The Morgan fingerprint density at radius 3 is 2.83 bits per heavy atom. The van der Waals surface area contributed by atoms with Crippen molar-refractivity contribution >= 4 is 23.2 Å². The zero-order chi connectivity index (χ0) is 16.4. The maximum atomic E-state index is 12.4. The van der Waals surface area contributed by atoms with Crippen molar-refractivity contribution in [2.24, 2.45) is 0 Å². The number of nitro benzene ring substituents is 1. The Hall–Kier alpha value is -2.67. The van der Waals surface area contributed by atoms with Crippen LogP contribution in [0.5, 0.6) is 5.75 Å². The summed E-state index contributed by atoms with van der Waals surface area (Å²) < 4.78 is 5.66. The van der Waals surface area contributed by atoms with Crippen LogP contribution in [0, 0.1) is 10.1 Å². The molecule has 1 aliphatic heterocycles. The summed E-state index contributed by atoms with van der Waals surface area (Å²) in [4.78, 5) is 28.1. The van der Waals surface area contributed by atoms with Crippen molar-refractivity contribution in [3.8, 4) is 5.75 Å². The Morgan fingerprint density at radius 2 is 2.17 bits per heavy atom. The zero-order valence-electron chi connectivity index (χ0n) is 11.9. The topological polar surface area (TPSA) is 85.6 Å². The lowest BCUT2D eigenvalue weighted by Crippen LogP contribution is -2.56. The van der Waals surface area contributed by atoms with E-state index in [1.165, 1.54) is 23.1 Å². The number of non-ortho nitro benzene ring substituents is 1. The first-order chi connectivity index (χ1) is 11.0. The molecule has 0 bridgehead atoms. The average Bonchev–Trinajstić information content (AvgIpc) is 2.51. The second-order valence-corrected chi connectivity index (χ2v) is 5.47. The Balaban J connectivity index is 1.65. The first kappa shape index (κ1) is 15.2. The number of benzene rings is 1. The van der Waals surface area contributed by atoms with Gasteiger partial charge >= 0.3 is 0 Å². The van der Waals surface area contributed by atoms with Crippen molar-refractivity contribution < 1.29 is 14.5 Å². The minimum atomic E-state index is -0.558. The Bertz CT molecular complexity index is 748. The molecular formula is C15H12ClN3O4. The first-order valence-electron chi connectivity index (χ1n) is 6.84. The number of ether oxygens (including phenoxy) is 1. The van der Waals surface area contributed by atoms with Gasteiger partial charge in [-0.25, -0.2) is 0 Å². The maximum absolute atomic E-state index is 12.4. The molecule has 118 valence electrons. The molecule has 0 unspecified atom stereocenters. The van der Waals surface area contributed by atoms with Crippen LogP contribution in [0.3, 0.4) is 0 Å². The van der Waals surface area contributed by atoms with Gasteiger partial charge in [0.1, 0.15) is 11.9 Å². The summed E-state index contributed by atoms with van der Waals surface area (Å²) in [5, 5.41) is 11.0. The van der Waals surface area contributed by atoms with Gasteiger partial charge < -0.3 is 9.64 Å². The number of hydrogen-bond acceptors (Lipinski definition) is 5. The molecule has 0 atom stereocenters. The third-order valence-electron chi connectivity index (χ3n) is 3.46. The predicted octanol–water partition coefficient (Wildman–Crippen LogP) is 2.55. The van der Waals surface area contributed by atoms with Gasteiger partial charge in [0.2, 0.25) is 0 Å². The number of amides is 1. The van der Waals surface area contributed by atoms with E-state index in [9.17, 15) is 14.9 Å². The third kappa shape index (κ3) is 3.24. The molecule has 0 aliphatic carbocycles. The number of hydrogen-bond donors (Lipinski definition) is 0. The van der Waals surface area contributed by atoms with E-state index in [2.05, 4.69) is 4.98 Å². The van der Waals surface area contributed by atoms with Gasteiger partial charge in [-0.1, -0.05) is 11.6 Å². The summed E-state index contributed by atoms with van der Waals surface area (Å²) in [5.74, 6) is 0.294. The highest BCUT2D eigenvalue weighted by Gasteiger charge is 2.34. The molecule has 1 aromatic carbocycles. The summed E-state index contributed by atoms with van der Waals surface area (Å²) in [5.41, 5.74) is -0.0397. The number of carbonyl (C=O) groups excluding carboxylic acids is 1. The molecule has 1 aromatic heterocycles. The second-order valence-electron chi connectivity index (χ2n) is 5.06. The van der Waals surface area contributed by atoms with Crippen molar-refractivity contribution in [3.05, 3.63) is 63.4 Å². The molecule has 1 saturated heterocycles. The molecular weight excluding hydrogens is 322 g/mol. The largest absolute Gasteiger partial charge is 0.485 e. The van der Waals surface area contributed by atoms with E-state index in [4.69, 9.17) is 16.3 Å². The minimum absolute atomic E-state index is 0.124. The molecule has 1 fully saturated rings. The van der Waals surface area contributed by atoms with E-state index in [-0.39, 0.29) is 28.3 Å². The average molecular weight is 334 g/mol. The van der Waals surface area contributed by atoms with Gasteiger partial charge in [-0.2, -0.15) is 0 Å². The van der Waals surface area contributed by atoms with Crippen LogP contribution in [0.15, 0.2) is 42.7 Å². The lowest BCUT2D eigenvalue weighted by atomic mass is 10.1. The number of nitrogens with zero attached hydrogens (tertiary/aromatic N) is 3. The van der Waals surface area contributed by atoms with Crippen molar-refractivity contribution in [2.45, 2.75) is 6.10 Å². The number of halogens is 1. The van der Waals surface area contributed by atoms with Crippen LogP contribution in [-0.2, 0) is 0 Å². The smallest absolute Gasteiger partial charge is 0.270 e. The van der Waals surface area contributed by atoms with Crippen LogP contribution in [0.2, 0.25) is 5.02 Å². The van der Waals surface area contributed by atoms with Crippen LogP contribution in [0.25, 0.3) is 0 Å². The van der Waals surface area contributed by atoms with Gasteiger partial charge in [0.25, 0.3) is 11.6 Å². The lowest BCUT2D eigenvalue weighted by Gasteiger charge is -2.39. The maximum Gasteiger partial charge on any atom is 0.270 e. The summed E-state index contributed by atoms with van der Waals surface area (Å²) in [6, 6.07) is 7.37. The number of pyridine rings is 1. The normalized spacial score (nSPS) is 14.2. The van der Waals surface area contributed by atoms with Gasteiger partial charge in [-0.15, -0.1) is 0 Å². The number of nitro groups is 1. The van der Waals surface area contributed by atoms with E-state index in [0.717, 1.165) is 0 Å². The number of rotatable bonds is 4. The van der Waals surface area contributed by atoms with Gasteiger partial charge in [0.05, 0.1) is 34.8 Å². The van der Waals surface area contributed by atoms with Crippen molar-refractivity contribution in [2.75, 3.05) is 13.1 Å². The molecule has 0 spiro atoms. The molecule has 0 saturated carbocycles. The van der Waals surface area contributed by atoms with Gasteiger partial charge in [-0.05, 0) is 18.2 Å². The second kappa shape index (κ2) is 6.21. The fraction of sp³-hybridized carbons (Fsp3) is 0.200. The first-order valence-corrected chi connectivity index (χ1v) is 7.22. The number of carbonyl (C=O) groups is 1. The summed E-state index contributed by atoms with van der Waals surface area (Å²) >= 11 is 5.98. The number of likely N-dealkylation sites (tertiary alicyclic amines) is 1. The molecule has 0 radical (unpaired) electrons. The van der Waals surface area contributed by atoms with Crippen LogP contribution in [0.1, 0.15) is 10.4 Å². The van der Waals surface area contributed by atoms with E-state index in [1.807, 2.05) is 0 Å². The Kier molecular flexibility index (Phi) is 4.12. The molecule has 7 nitrogen and oxygen atoms in total. The molecule has 3 rings (SSSR count). The summed E-state index contributed by atoms with van der Waals surface area (Å²) in [6.45, 7) is 0.791. The van der Waals surface area contributed by atoms with Gasteiger partial charge in [0, 0.05) is 18.3 Å². The minimum Gasteiger partial charge on any atom is -0.485 e. The highest BCUT2D eigenvalue weighted by atomic mass is 35.5. The van der Waals surface area contributed by atoms with E-state index in [0.29, 0.717) is 18.8 Å². The van der Waals surface area contributed by atoms with E-state index in [1.54, 1.807) is 24.5 Å². The quantitative estimate of drug-likeness (QED) is 0.634. The van der Waals surface area contributed by atoms with Gasteiger partial charge in [-0.3, -0.25) is 19.9 Å². The molecule has 2 heterocycles. The van der Waals surface area contributed by atoms with Crippen LogP contribution in [-0.4, -0.2) is 39.9 Å². The summed E-state index contributed by atoms with van der Waals surface area (Å²) in [7, 11) is 0. The van der Waals surface area contributed by atoms with Crippen molar-refractivity contribution in [3.63, 3.8) is 0 Å². The Labute approximate surface area is 136 Å². The molecule has 0 N–H and O–H groups in total. The van der Waals surface area contributed by atoms with Crippen molar-refractivity contribution in [1.29, 1.82) is 0 Å². The lowest BCUT2D eigenvalue weighted by molar-refractivity contribution is -0.384. The molecule has 1 amide bonds. The Morgan fingerprint density at radius 1 is 1.39 bits per heavy atom. The monoisotopic (exact) mass is 333 g/mol. The number of aromatic nitrogens is 1. The third-order valence-corrected chi connectivity index (χ3v) is 3.79. The van der Waals surface area contributed by atoms with Crippen molar-refractivity contribution in [1.82, 2.24) is 9.88 Å². The predicted molar refractivity (Wildman–Crippen MR) is 82.7 cm³/mol. The molecule has 8 heteroatoms. The standard InChI is InChI=1S/C15H12ClN3O4/c16-14-4-3-10(19(21)22)6-13(14)15(20)18-8-12(9-18)23-11-2-1-5-17-7-11/h1-7,12H,8-9H2. The summed E-state index contributed by atoms with van der Waals surface area (Å²) in [6.07, 6.45) is 3.12. The van der Waals surface area contributed by atoms with Crippen LogP contribution < -0.4 is 4.74 Å². The van der Waals surface area contributed by atoms with Crippen LogP contribution in [0.4, 0.5) is 5.69 Å². The SMILES string of the molecule is O=C(c1cc([N+](=O)[O-])ccc1Cl)N1CC(Oc2cccnc2)C1. The van der Waals surface area contributed by atoms with Gasteiger partial charge in [0.15, 0.2) is 0 Å². The fourth-order valence-electron chi connectivity index (χ4n) is 2.25. The van der Waals surface area contributed by atoms with E-state index < -0.39 is 4.92 Å².